The van der Waals surface area contributed by atoms with Crippen LogP contribution in [-0.4, -0.2) is 66.8 Å². The van der Waals surface area contributed by atoms with E-state index in [2.05, 4.69) is 29.8 Å². The van der Waals surface area contributed by atoms with Crippen LogP contribution < -0.4 is 16.0 Å². The van der Waals surface area contributed by atoms with Crippen LogP contribution in [0.25, 0.3) is 0 Å². The molecule has 3 N–H and O–H groups in total. The summed E-state index contributed by atoms with van der Waals surface area (Å²) in [5.41, 5.74) is 0.453. The van der Waals surface area contributed by atoms with Gasteiger partial charge in [0.15, 0.2) is 0 Å². The summed E-state index contributed by atoms with van der Waals surface area (Å²) >= 11 is 0. The molecule has 2 heterocycles. The Morgan fingerprint density at radius 2 is 1.68 bits per heavy atom. The van der Waals surface area contributed by atoms with Crippen LogP contribution in [0, 0.1) is 23.1 Å². The lowest BCUT2D eigenvalue weighted by Gasteiger charge is -2.47. The smallest absolute Gasteiger partial charge is 0.245 e. The zero-order chi connectivity index (χ0) is 27.3. The molecule has 1 unspecified atom stereocenters. The van der Waals surface area contributed by atoms with E-state index in [0.29, 0.717) is 56.9 Å². The maximum absolute atomic E-state index is 13.8. The first-order chi connectivity index (χ1) is 18.2. The molecular formula is C30H45FN4O3. The van der Waals surface area contributed by atoms with E-state index in [-0.39, 0.29) is 35.3 Å². The second-order valence-corrected chi connectivity index (χ2v) is 12.0. The van der Waals surface area contributed by atoms with Crippen LogP contribution in [0.4, 0.5) is 4.39 Å². The van der Waals surface area contributed by atoms with Gasteiger partial charge in [-0.2, -0.15) is 0 Å². The van der Waals surface area contributed by atoms with Crippen LogP contribution in [0.15, 0.2) is 24.3 Å². The highest BCUT2D eigenvalue weighted by atomic mass is 19.1. The number of ketones is 1. The zero-order valence-electron chi connectivity index (χ0n) is 23.2. The third kappa shape index (κ3) is 6.63. The van der Waals surface area contributed by atoms with Crippen molar-refractivity contribution < 1.29 is 18.8 Å². The molecule has 210 valence electrons. The number of nitrogens with zero attached hydrogens (tertiary/aromatic N) is 1. The Hall–Kier alpha value is -2.32. The Labute approximate surface area is 226 Å². The highest BCUT2D eigenvalue weighted by Crippen LogP contribution is 2.46. The number of amides is 2. The van der Waals surface area contributed by atoms with Gasteiger partial charge in [0.2, 0.25) is 11.8 Å². The molecule has 0 aromatic heterocycles. The Kier molecular flexibility index (Phi) is 9.58. The molecule has 2 aliphatic heterocycles. The van der Waals surface area contributed by atoms with Crippen molar-refractivity contribution in [3.8, 4) is 0 Å². The summed E-state index contributed by atoms with van der Waals surface area (Å²) in [6, 6.07) is 5.21. The van der Waals surface area contributed by atoms with Gasteiger partial charge in [-0.15, -0.1) is 0 Å². The van der Waals surface area contributed by atoms with Gasteiger partial charge in [0.25, 0.3) is 0 Å². The number of rotatable bonds is 8. The molecule has 1 aliphatic carbocycles. The van der Waals surface area contributed by atoms with Crippen molar-refractivity contribution in [2.45, 2.75) is 90.3 Å². The van der Waals surface area contributed by atoms with E-state index in [1.165, 1.54) is 31.4 Å². The van der Waals surface area contributed by atoms with Gasteiger partial charge in [0.05, 0.1) is 6.04 Å². The first-order valence-corrected chi connectivity index (χ1v) is 14.5. The minimum atomic E-state index is -0.753. The van der Waals surface area contributed by atoms with E-state index < -0.39 is 12.1 Å². The first kappa shape index (κ1) is 28.7. The van der Waals surface area contributed by atoms with Crippen LogP contribution >= 0.6 is 0 Å². The van der Waals surface area contributed by atoms with E-state index in [1.807, 2.05) is 4.90 Å². The van der Waals surface area contributed by atoms with Crippen LogP contribution in [0.3, 0.4) is 0 Å². The largest absolute Gasteiger partial charge is 0.343 e. The summed E-state index contributed by atoms with van der Waals surface area (Å²) in [7, 11) is 0. The highest BCUT2D eigenvalue weighted by Gasteiger charge is 2.46. The number of Topliss-reactive ketones (excluding diaryl/α,β-unsaturated/α-hetero) is 1. The average molecular weight is 529 g/mol. The number of hydrogen-bond donors (Lipinski definition) is 3. The number of piperazine rings is 1. The van der Waals surface area contributed by atoms with Crippen LogP contribution in [-0.2, 0) is 20.8 Å². The summed E-state index contributed by atoms with van der Waals surface area (Å²) in [6.45, 7) is 8.23. The minimum Gasteiger partial charge on any atom is -0.343 e. The number of likely N-dealkylation sites (tertiary alicyclic amines) is 1. The molecule has 8 heteroatoms. The van der Waals surface area contributed by atoms with Gasteiger partial charge in [-0.1, -0.05) is 45.2 Å². The summed E-state index contributed by atoms with van der Waals surface area (Å²) < 4.78 is 13.5. The lowest BCUT2D eigenvalue weighted by molar-refractivity contribution is -0.144. The van der Waals surface area contributed by atoms with Gasteiger partial charge in [-0.25, -0.2) is 4.39 Å². The number of carbonyl (C=O) groups is 3. The fraction of sp³-hybridized carbons (Fsp3) is 0.700. The number of carbonyl (C=O) groups excluding carboxylic acids is 3. The van der Waals surface area contributed by atoms with Gasteiger partial charge >= 0.3 is 0 Å². The van der Waals surface area contributed by atoms with Gasteiger partial charge in [0, 0.05) is 44.1 Å². The molecule has 2 saturated heterocycles. The molecule has 38 heavy (non-hydrogen) atoms. The average Bonchev–Trinajstić information content (AvgIpc) is 2.94. The molecular weight excluding hydrogens is 483 g/mol. The summed E-state index contributed by atoms with van der Waals surface area (Å²) in [6.07, 6.45) is 7.43. The van der Waals surface area contributed by atoms with E-state index in [0.717, 1.165) is 18.4 Å². The number of piperidine rings is 1. The molecule has 1 aromatic rings. The molecule has 7 nitrogen and oxygen atoms in total. The Bertz CT molecular complexity index is 960. The maximum atomic E-state index is 13.8. The first-order valence-electron chi connectivity index (χ1n) is 14.5. The number of hydrogen-bond acceptors (Lipinski definition) is 5. The highest BCUT2D eigenvalue weighted by molar-refractivity contribution is 5.90. The van der Waals surface area contributed by atoms with Crippen molar-refractivity contribution >= 4 is 17.6 Å². The van der Waals surface area contributed by atoms with Gasteiger partial charge in [-0.05, 0) is 62.1 Å². The second-order valence-electron chi connectivity index (χ2n) is 12.0. The van der Waals surface area contributed by atoms with Crippen molar-refractivity contribution in [2.75, 3.05) is 26.2 Å². The lowest BCUT2D eigenvalue weighted by Crippen LogP contribution is -2.63. The van der Waals surface area contributed by atoms with Gasteiger partial charge < -0.3 is 20.9 Å². The summed E-state index contributed by atoms with van der Waals surface area (Å²) in [4.78, 5) is 41.7. The van der Waals surface area contributed by atoms with Crippen molar-refractivity contribution in [1.82, 2.24) is 20.9 Å². The minimum absolute atomic E-state index is 0.132. The molecule has 0 radical (unpaired) electrons. The normalized spacial score (nSPS) is 25.1. The predicted molar refractivity (Wildman–Crippen MR) is 146 cm³/mol. The standard InChI is InChI=1S/C30H45FN4O3/c1-20(2)26-18-33-27(19-32-26)28(37)34-25(17-22-9-11-24(31)12-10-22)29(38)35-15-13-30(14-16-35,21(3)36)23-7-5-4-6-8-23/h9-12,20,23,25-27,32-33H,4-8,13-19H2,1-3H3,(H,34,37)/t25-,26?,27-/m1/s1. The zero-order valence-corrected chi connectivity index (χ0v) is 23.2. The van der Waals surface area contributed by atoms with E-state index in [1.54, 1.807) is 19.1 Å². The van der Waals surface area contributed by atoms with Crippen molar-refractivity contribution in [3.05, 3.63) is 35.6 Å². The van der Waals surface area contributed by atoms with Crippen LogP contribution in [0.1, 0.15) is 71.3 Å². The molecule has 3 aliphatic rings. The topological polar surface area (TPSA) is 90.5 Å². The van der Waals surface area contributed by atoms with E-state index in [9.17, 15) is 18.8 Å². The maximum Gasteiger partial charge on any atom is 0.245 e. The quantitative estimate of drug-likeness (QED) is 0.482. The Morgan fingerprint density at radius 3 is 2.24 bits per heavy atom. The van der Waals surface area contributed by atoms with Crippen LogP contribution in [0.5, 0.6) is 0 Å². The summed E-state index contributed by atoms with van der Waals surface area (Å²) in [5.74, 6) is 0.430. The fourth-order valence-electron chi connectivity index (χ4n) is 6.72. The number of halogens is 1. The third-order valence-electron chi connectivity index (χ3n) is 9.31. The molecule has 1 aromatic carbocycles. The monoisotopic (exact) mass is 528 g/mol. The fourth-order valence-corrected chi connectivity index (χ4v) is 6.72. The number of benzene rings is 1. The molecule has 2 amide bonds. The SMILES string of the molecule is CC(=O)C1(C2CCCCC2)CCN(C(=O)[C@@H](Cc2ccc(F)cc2)NC(=O)[C@H]2CNC(C(C)C)CN2)CC1. The van der Waals surface area contributed by atoms with Gasteiger partial charge in [0.1, 0.15) is 17.6 Å². The molecule has 0 bridgehead atoms. The van der Waals surface area contributed by atoms with Crippen molar-refractivity contribution in [3.63, 3.8) is 0 Å². The molecule has 4 rings (SSSR count). The third-order valence-corrected chi connectivity index (χ3v) is 9.31. The van der Waals surface area contributed by atoms with Crippen LogP contribution in [0.2, 0.25) is 0 Å². The summed E-state index contributed by atoms with van der Waals surface area (Å²) in [5, 5.41) is 9.75. The molecule has 3 atom stereocenters. The van der Waals surface area contributed by atoms with Crippen molar-refractivity contribution in [1.29, 1.82) is 0 Å². The van der Waals surface area contributed by atoms with Crippen molar-refractivity contribution in [2.24, 2.45) is 17.3 Å². The second kappa shape index (κ2) is 12.7. The van der Waals surface area contributed by atoms with E-state index >= 15 is 0 Å². The van der Waals surface area contributed by atoms with Gasteiger partial charge in [-0.3, -0.25) is 14.4 Å². The van der Waals surface area contributed by atoms with E-state index in [4.69, 9.17) is 0 Å². The predicted octanol–water partition coefficient (Wildman–Crippen LogP) is 3.22. The molecule has 3 fully saturated rings. The number of nitrogens with one attached hydrogen (secondary N) is 3. The Balaban J connectivity index is 1.44. The Morgan fingerprint density at radius 1 is 1.03 bits per heavy atom. The molecule has 0 spiro atoms. The molecule has 1 saturated carbocycles. The lowest BCUT2D eigenvalue weighted by atomic mass is 9.62.